The molecule has 0 fully saturated rings. The molecule has 0 bridgehead atoms. The lowest BCUT2D eigenvalue weighted by Gasteiger charge is -2.21. The number of ketones is 1. The molecular formula is C26H26N6O3S. The Morgan fingerprint density at radius 2 is 1.78 bits per heavy atom. The van der Waals surface area contributed by atoms with Crippen molar-refractivity contribution in [3.05, 3.63) is 66.6 Å². The van der Waals surface area contributed by atoms with Gasteiger partial charge in [0.15, 0.2) is 11.4 Å². The van der Waals surface area contributed by atoms with Gasteiger partial charge in [0, 0.05) is 47.0 Å². The Morgan fingerprint density at radius 1 is 1.06 bits per heavy atom. The number of H-pyrrole nitrogens is 2. The van der Waals surface area contributed by atoms with Gasteiger partial charge >= 0.3 is 0 Å². The van der Waals surface area contributed by atoms with E-state index >= 15 is 0 Å². The van der Waals surface area contributed by atoms with Gasteiger partial charge in [0.25, 0.3) is 10.0 Å². The second kappa shape index (κ2) is 8.20. The van der Waals surface area contributed by atoms with Crippen LogP contribution in [0.4, 0.5) is 11.4 Å². The maximum Gasteiger partial charge on any atom is 0.264 e. The Hall–Kier alpha value is -4.18. The standard InChI is InChI=1S/C26H26N6O3S/c1-26(2,3)24(33)19-13-29-25-23(19)31-21(14-30-25)15-11-20-18(9-10-28-20)22(12-15)32(4)36(34,35)17-7-5-16(27)6-8-17/h5-14,28H,27H2,1-4H3,(H,29,30). The van der Waals surface area contributed by atoms with Crippen molar-refractivity contribution in [3.63, 3.8) is 0 Å². The van der Waals surface area contributed by atoms with Crippen LogP contribution in [0.25, 0.3) is 33.3 Å². The topological polar surface area (TPSA) is 138 Å². The minimum atomic E-state index is -3.86. The predicted octanol–water partition coefficient (Wildman–Crippen LogP) is 4.74. The Labute approximate surface area is 208 Å². The Balaban J connectivity index is 1.65. The molecule has 2 aromatic carbocycles. The molecule has 0 radical (unpaired) electrons. The van der Waals surface area contributed by atoms with Gasteiger partial charge in [-0.05, 0) is 42.5 Å². The zero-order valence-corrected chi connectivity index (χ0v) is 21.1. The van der Waals surface area contributed by atoms with E-state index in [1.807, 2.05) is 32.9 Å². The highest BCUT2D eigenvalue weighted by Gasteiger charge is 2.27. The molecule has 4 N–H and O–H groups in total. The molecule has 0 atom stereocenters. The highest BCUT2D eigenvalue weighted by atomic mass is 32.2. The van der Waals surface area contributed by atoms with Crippen molar-refractivity contribution in [2.75, 3.05) is 17.1 Å². The quantitative estimate of drug-likeness (QED) is 0.234. The number of nitrogens with two attached hydrogens (primary N) is 1. The van der Waals surface area contributed by atoms with Crippen molar-refractivity contribution in [1.29, 1.82) is 0 Å². The number of fused-ring (bicyclic) bond motifs is 2. The van der Waals surface area contributed by atoms with Crippen molar-refractivity contribution in [2.24, 2.45) is 5.41 Å². The average molecular weight is 503 g/mol. The highest BCUT2D eigenvalue weighted by Crippen LogP contribution is 2.35. The van der Waals surface area contributed by atoms with E-state index < -0.39 is 15.4 Å². The van der Waals surface area contributed by atoms with Crippen molar-refractivity contribution >= 4 is 49.2 Å². The van der Waals surface area contributed by atoms with Gasteiger partial charge in [0.1, 0.15) is 5.52 Å². The van der Waals surface area contributed by atoms with Gasteiger partial charge < -0.3 is 15.7 Å². The van der Waals surface area contributed by atoms with E-state index in [4.69, 9.17) is 10.7 Å². The number of hydrogen-bond donors (Lipinski definition) is 3. The Morgan fingerprint density at radius 3 is 2.47 bits per heavy atom. The molecular weight excluding hydrogens is 476 g/mol. The third kappa shape index (κ3) is 3.89. The molecule has 184 valence electrons. The fourth-order valence-electron chi connectivity index (χ4n) is 4.09. The summed E-state index contributed by atoms with van der Waals surface area (Å²) in [5, 5.41) is 0.736. The third-order valence-corrected chi connectivity index (χ3v) is 7.91. The molecule has 10 heteroatoms. The number of nitrogen functional groups attached to an aromatic ring is 1. The molecule has 5 rings (SSSR count). The van der Waals surface area contributed by atoms with Gasteiger partial charge in [0.05, 0.1) is 28.0 Å². The first kappa shape index (κ1) is 23.6. The summed E-state index contributed by atoms with van der Waals surface area (Å²) >= 11 is 0. The van der Waals surface area contributed by atoms with Crippen LogP contribution in [0.3, 0.4) is 0 Å². The number of rotatable bonds is 5. The molecule has 3 heterocycles. The number of nitrogens with zero attached hydrogens (tertiary/aromatic N) is 3. The van der Waals surface area contributed by atoms with Crippen LogP contribution in [-0.4, -0.2) is 41.2 Å². The lowest BCUT2D eigenvalue weighted by atomic mass is 9.87. The summed E-state index contributed by atoms with van der Waals surface area (Å²) in [6.45, 7) is 5.57. The zero-order chi connectivity index (χ0) is 25.8. The lowest BCUT2D eigenvalue weighted by molar-refractivity contribution is 0.0860. The first-order valence-corrected chi connectivity index (χ1v) is 12.8. The number of carbonyl (C=O) groups is 1. The maximum atomic E-state index is 13.4. The Bertz CT molecular complexity index is 1730. The van der Waals surface area contributed by atoms with Gasteiger partial charge in [-0.1, -0.05) is 20.8 Å². The summed E-state index contributed by atoms with van der Waals surface area (Å²) in [6, 6.07) is 11.6. The first-order valence-electron chi connectivity index (χ1n) is 11.3. The van der Waals surface area contributed by atoms with Crippen LogP contribution in [0.5, 0.6) is 0 Å². The first-order chi connectivity index (χ1) is 17.0. The van der Waals surface area contributed by atoms with Crippen LogP contribution in [0, 0.1) is 5.41 Å². The molecule has 0 unspecified atom stereocenters. The van der Waals surface area contributed by atoms with Crippen molar-refractivity contribution in [1.82, 2.24) is 19.9 Å². The van der Waals surface area contributed by atoms with Crippen molar-refractivity contribution in [2.45, 2.75) is 25.7 Å². The van der Waals surface area contributed by atoms with Gasteiger partial charge in [-0.15, -0.1) is 0 Å². The van der Waals surface area contributed by atoms with Crippen LogP contribution >= 0.6 is 0 Å². The summed E-state index contributed by atoms with van der Waals surface area (Å²) in [5.74, 6) is -0.0463. The van der Waals surface area contributed by atoms with Crippen LogP contribution < -0.4 is 10.0 Å². The number of carbonyl (C=O) groups excluding carboxylic acids is 1. The van der Waals surface area contributed by atoms with E-state index in [-0.39, 0.29) is 10.7 Å². The number of Topliss-reactive ketones (excluding diaryl/α,β-unsaturated/α-hetero) is 1. The molecule has 0 spiro atoms. The molecule has 36 heavy (non-hydrogen) atoms. The number of sulfonamides is 1. The highest BCUT2D eigenvalue weighted by molar-refractivity contribution is 7.92. The second-order valence-electron chi connectivity index (χ2n) is 9.71. The fourth-order valence-corrected chi connectivity index (χ4v) is 5.30. The van der Waals surface area contributed by atoms with E-state index in [1.54, 1.807) is 36.8 Å². The molecule has 0 aliphatic rings. The van der Waals surface area contributed by atoms with E-state index in [2.05, 4.69) is 15.0 Å². The third-order valence-electron chi connectivity index (χ3n) is 6.13. The van der Waals surface area contributed by atoms with Gasteiger partial charge in [-0.3, -0.25) is 9.10 Å². The number of anilines is 2. The van der Waals surface area contributed by atoms with E-state index in [9.17, 15) is 13.2 Å². The average Bonchev–Trinajstić information content (AvgIpc) is 3.48. The normalized spacial score (nSPS) is 12.3. The molecule has 0 saturated carbocycles. The molecule has 0 amide bonds. The minimum absolute atomic E-state index is 0.0463. The van der Waals surface area contributed by atoms with Crippen molar-refractivity contribution in [3.8, 4) is 11.3 Å². The van der Waals surface area contributed by atoms with E-state index in [1.165, 1.54) is 23.5 Å². The summed E-state index contributed by atoms with van der Waals surface area (Å²) in [4.78, 5) is 28.5. The SMILES string of the molecule is CN(c1cc(-c2cnc3[nH]cc(C(=O)C(C)(C)C)c3n2)cc2[nH]ccc12)S(=O)(=O)c1ccc(N)cc1. The van der Waals surface area contributed by atoms with Crippen LogP contribution in [0.15, 0.2) is 66.0 Å². The Kier molecular flexibility index (Phi) is 5.36. The number of aromatic nitrogens is 4. The van der Waals surface area contributed by atoms with Gasteiger partial charge in [0.2, 0.25) is 0 Å². The van der Waals surface area contributed by atoms with Gasteiger partial charge in [-0.25, -0.2) is 18.4 Å². The number of aromatic amines is 2. The van der Waals surface area contributed by atoms with Gasteiger partial charge in [-0.2, -0.15) is 0 Å². The zero-order valence-electron chi connectivity index (χ0n) is 20.3. The summed E-state index contributed by atoms with van der Waals surface area (Å²) in [7, 11) is -2.35. The van der Waals surface area contributed by atoms with Crippen LogP contribution in [0.2, 0.25) is 0 Å². The monoisotopic (exact) mass is 502 g/mol. The molecule has 0 saturated heterocycles. The van der Waals surface area contributed by atoms with Crippen molar-refractivity contribution < 1.29 is 13.2 Å². The lowest BCUT2D eigenvalue weighted by Crippen LogP contribution is -2.26. The van der Waals surface area contributed by atoms with E-state index in [0.29, 0.717) is 39.4 Å². The fraction of sp³-hybridized carbons (Fsp3) is 0.192. The molecule has 0 aliphatic heterocycles. The second-order valence-corrected chi connectivity index (χ2v) is 11.7. The summed E-state index contributed by atoms with van der Waals surface area (Å²) in [5.41, 5.74) is 9.48. The smallest absolute Gasteiger partial charge is 0.264 e. The molecule has 0 aliphatic carbocycles. The summed E-state index contributed by atoms with van der Waals surface area (Å²) in [6.07, 6.45) is 4.99. The molecule has 3 aromatic heterocycles. The predicted molar refractivity (Wildman–Crippen MR) is 141 cm³/mol. The molecule has 9 nitrogen and oxygen atoms in total. The number of hydrogen-bond acceptors (Lipinski definition) is 6. The summed E-state index contributed by atoms with van der Waals surface area (Å²) < 4.78 is 28.1. The minimum Gasteiger partial charge on any atom is -0.399 e. The van der Waals surface area contributed by atoms with E-state index in [0.717, 1.165) is 10.9 Å². The number of benzene rings is 2. The van der Waals surface area contributed by atoms with Crippen LogP contribution in [-0.2, 0) is 10.0 Å². The maximum absolute atomic E-state index is 13.4. The largest absolute Gasteiger partial charge is 0.399 e. The molecule has 5 aromatic rings. The number of nitrogens with one attached hydrogen (secondary N) is 2. The van der Waals surface area contributed by atoms with Crippen LogP contribution in [0.1, 0.15) is 31.1 Å².